The molecule has 2 aromatic rings. The van der Waals surface area contributed by atoms with E-state index in [1.165, 1.54) is 26.2 Å². The predicted octanol–water partition coefficient (Wildman–Crippen LogP) is 1.72. The van der Waals surface area contributed by atoms with Crippen LogP contribution in [0.25, 0.3) is 0 Å². The van der Waals surface area contributed by atoms with E-state index >= 15 is 0 Å². The largest absolute Gasteiger partial charge is 0.508 e. The number of phenolic OH excluding ortho intramolecular Hbond substituents is 1. The van der Waals surface area contributed by atoms with Crippen molar-refractivity contribution in [3.63, 3.8) is 0 Å². The Kier molecular flexibility index (Phi) is 10.6. The number of esters is 2. The van der Waals surface area contributed by atoms with Gasteiger partial charge < -0.3 is 30.7 Å². The number of aliphatic carboxylic acids is 1. The Morgan fingerprint density at radius 3 is 2.30 bits per heavy atom. The fourth-order valence-corrected chi connectivity index (χ4v) is 5.14. The van der Waals surface area contributed by atoms with Crippen molar-refractivity contribution in [1.82, 2.24) is 10.2 Å². The number of rotatable bonds is 8. The number of carboxylic acids is 1. The Hall–Kier alpha value is -3.96. The van der Waals surface area contributed by atoms with Crippen LogP contribution >= 0.6 is 0 Å². The molecule has 6 atom stereocenters. The van der Waals surface area contributed by atoms with E-state index in [0.717, 1.165) is 12.8 Å². The number of carbonyl (C=O) groups excluding carboxylic acids is 3. The van der Waals surface area contributed by atoms with E-state index in [2.05, 4.69) is 10.2 Å². The summed E-state index contributed by atoms with van der Waals surface area (Å²) in [6, 6.07) is 13.7. The van der Waals surface area contributed by atoms with Crippen LogP contribution in [0.15, 0.2) is 54.6 Å². The molecule has 2 fully saturated rings. The van der Waals surface area contributed by atoms with Gasteiger partial charge in [-0.15, -0.1) is 0 Å². The number of amides is 1. The van der Waals surface area contributed by atoms with Crippen molar-refractivity contribution >= 4 is 23.8 Å². The normalized spacial score (nSPS) is 23.1. The molecule has 0 saturated carbocycles. The van der Waals surface area contributed by atoms with Crippen LogP contribution < -0.4 is 11.1 Å². The second kappa shape index (κ2) is 13.9. The van der Waals surface area contributed by atoms with Crippen LogP contribution in [-0.2, 0) is 30.3 Å². The quantitative estimate of drug-likeness (QED) is 0.352. The lowest BCUT2D eigenvalue weighted by atomic mass is 9.87. The summed E-state index contributed by atoms with van der Waals surface area (Å²) in [7, 11) is 3.42. The molecule has 216 valence electrons. The molecule has 2 heterocycles. The molecule has 0 spiro atoms. The van der Waals surface area contributed by atoms with Gasteiger partial charge >= 0.3 is 17.9 Å². The molecule has 0 unspecified atom stereocenters. The number of hydrogen-bond donors (Lipinski definition) is 4. The van der Waals surface area contributed by atoms with Crippen LogP contribution in [0.3, 0.4) is 0 Å². The Morgan fingerprint density at radius 2 is 1.73 bits per heavy atom. The third kappa shape index (κ3) is 7.80. The molecule has 2 aliphatic rings. The van der Waals surface area contributed by atoms with Crippen molar-refractivity contribution in [2.75, 3.05) is 14.2 Å². The number of methoxy groups -OCH3 is 1. The van der Waals surface area contributed by atoms with Crippen molar-refractivity contribution in [1.29, 1.82) is 0 Å². The molecule has 2 saturated heterocycles. The number of aromatic hydroxyl groups is 1. The number of nitrogens with zero attached hydrogens (tertiary/aromatic N) is 1. The van der Waals surface area contributed by atoms with Crippen LogP contribution in [0.1, 0.15) is 42.1 Å². The van der Waals surface area contributed by atoms with Gasteiger partial charge in [0.05, 0.1) is 18.7 Å². The number of hydrogen-bond acceptors (Lipinski definition) is 9. The number of nitrogens with two attached hydrogens (primary N) is 1. The van der Waals surface area contributed by atoms with E-state index in [0.29, 0.717) is 23.6 Å². The molecule has 0 aliphatic carbocycles. The van der Waals surface area contributed by atoms with Crippen LogP contribution in [0.5, 0.6) is 5.75 Å². The predicted molar refractivity (Wildman–Crippen MR) is 145 cm³/mol. The third-order valence-electron chi connectivity index (χ3n) is 7.36. The van der Waals surface area contributed by atoms with Crippen molar-refractivity contribution in [3.05, 3.63) is 65.7 Å². The maximum absolute atomic E-state index is 12.3. The molecule has 2 aliphatic heterocycles. The SMILES string of the molecule is COC(=O)[C@H]1[C@@H](OC(=O)c2ccccc2)C[C@@H]2CC[C@H]1N2C.C[C@H](N)C(=O)N[C@@H](Cc1ccc(O)cc1)C(=O)O. The Labute approximate surface area is 233 Å². The average molecular weight is 556 g/mol. The van der Waals surface area contributed by atoms with Gasteiger partial charge in [-0.05, 0) is 56.6 Å². The van der Waals surface area contributed by atoms with E-state index in [1.54, 1.807) is 36.4 Å². The first-order valence-corrected chi connectivity index (χ1v) is 13.1. The summed E-state index contributed by atoms with van der Waals surface area (Å²) in [5, 5.41) is 20.5. The minimum Gasteiger partial charge on any atom is -0.508 e. The second-order valence-electron chi connectivity index (χ2n) is 10.1. The summed E-state index contributed by atoms with van der Waals surface area (Å²) in [6.07, 6.45) is 2.39. The van der Waals surface area contributed by atoms with Gasteiger partial charge in [-0.2, -0.15) is 0 Å². The smallest absolute Gasteiger partial charge is 0.338 e. The molecule has 4 rings (SSSR count). The highest BCUT2D eigenvalue weighted by Gasteiger charge is 2.51. The van der Waals surface area contributed by atoms with Crippen LogP contribution in [0.4, 0.5) is 0 Å². The monoisotopic (exact) mass is 555 g/mol. The molecule has 0 aromatic heterocycles. The topological polar surface area (TPSA) is 168 Å². The number of phenols is 1. The number of benzene rings is 2. The van der Waals surface area contributed by atoms with E-state index in [9.17, 15) is 19.2 Å². The van der Waals surface area contributed by atoms with E-state index in [1.807, 2.05) is 13.1 Å². The molecule has 1 amide bonds. The third-order valence-corrected chi connectivity index (χ3v) is 7.36. The highest BCUT2D eigenvalue weighted by Crippen LogP contribution is 2.40. The summed E-state index contributed by atoms with van der Waals surface area (Å²) < 4.78 is 10.6. The number of nitrogens with one attached hydrogen (secondary N) is 1. The van der Waals surface area contributed by atoms with Gasteiger partial charge in [0, 0.05) is 24.9 Å². The molecule has 2 aromatic carbocycles. The summed E-state index contributed by atoms with van der Waals surface area (Å²) in [5.41, 5.74) is 6.57. The van der Waals surface area contributed by atoms with E-state index < -0.39 is 36.0 Å². The fourth-order valence-electron chi connectivity index (χ4n) is 5.14. The Bertz CT molecular complexity index is 1170. The van der Waals surface area contributed by atoms with Crippen molar-refractivity contribution in [3.8, 4) is 5.75 Å². The summed E-state index contributed by atoms with van der Waals surface area (Å²) >= 11 is 0. The number of fused-ring (bicyclic) bond motifs is 2. The summed E-state index contributed by atoms with van der Waals surface area (Å²) in [5.74, 6) is -2.60. The second-order valence-corrected chi connectivity index (χ2v) is 10.1. The first-order valence-electron chi connectivity index (χ1n) is 13.1. The van der Waals surface area contributed by atoms with Gasteiger partial charge in [0.15, 0.2) is 0 Å². The lowest BCUT2D eigenvalue weighted by Gasteiger charge is -2.40. The standard InChI is InChI=1S/C17H21NO4.C12H16N2O4/c1-18-12-8-9-13(18)15(17(20)21-2)14(10-12)22-16(19)11-6-4-3-5-7-11;1-7(13)11(16)14-10(12(17)18)6-8-2-4-9(15)5-3-8/h3-7,12-15H,8-10H2,1-2H3;2-5,7,10,15H,6,13H2,1H3,(H,14,16)(H,17,18)/t12-,13+,14-,15+;7-,10-/m00/s1. The number of piperidine rings is 1. The Balaban J connectivity index is 0.000000226. The van der Waals surface area contributed by atoms with E-state index in [4.69, 9.17) is 25.4 Å². The molecule has 11 heteroatoms. The molecular formula is C29H37N3O8. The minimum atomic E-state index is -1.13. The van der Waals surface area contributed by atoms with Gasteiger partial charge in [0.2, 0.25) is 5.91 Å². The van der Waals surface area contributed by atoms with Crippen LogP contribution in [-0.4, -0.2) is 83.4 Å². The van der Waals surface area contributed by atoms with Gasteiger partial charge in [-0.3, -0.25) is 14.5 Å². The summed E-state index contributed by atoms with van der Waals surface area (Å²) in [6.45, 7) is 1.48. The van der Waals surface area contributed by atoms with Crippen molar-refractivity contribution < 1.29 is 38.9 Å². The zero-order valence-electron chi connectivity index (χ0n) is 22.9. The maximum Gasteiger partial charge on any atom is 0.338 e. The lowest BCUT2D eigenvalue weighted by Crippen LogP contribution is -2.53. The van der Waals surface area contributed by atoms with Gasteiger partial charge in [0.1, 0.15) is 23.8 Å². The first kappa shape index (κ1) is 30.6. The molecule has 5 N–H and O–H groups in total. The van der Waals surface area contributed by atoms with Gasteiger partial charge in [-0.25, -0.2) is 9.59 Å². The number of carboxylic acid groups (broad SMARTS) is 1. The molecule has 40 heavy (non-hydrogen) atoms. The maximum atomic E-state index is 12.3. The average Bonchev–Trinajstić information content (AvgIpc) is 3.17. The minimum absolute atomic E-state index is 0.0970. The molecule has 11 nitrogen and oxygen atoms in total. The molecular weight excluding hydrogens is 518 g/mol. The number of carbonyl (C=O) groups is 4. The van der Waals surface area contributed by atoms with Crippen molar-refractivity contribution in [2.24, 2.45) is 11.7 Å². The Morgan fingerprint density at radius 1 is 1.07 bits per heavy atom. The van der Waals surface area contributed by atoms with Crippen LogP contribution in [0, 0.1) is 5.92 Å². The fraction of sp³-hybridized carbons (Fsp3) is 0.448. The lowest BCUT2D eigenvalue weighted by molar-refractivity contribution is -0.156. The first-order chi connectivity index (χ1) is 19.0. The summed E-state index contributed by atoms with van der Waals surface area (Å²) in [4.78, 5) is 49.1. The molecule has 2 bridgehead atoms. The highest BCUT2D eigenvalue weighted by atomic mass is 16.6. The van der Waals surface area contributed by atoms with E-state index in [-0.39, 0.29) is 30.2 Å². The zero-order valence-corrected chi connectivity index (χ0v) is 22.9. The zero-order chi connectivity index (χ0) is 29.4. The highest BCUT2D eigenvalue weighted by molar-refractivity contribution is 5.90. The number of ether oxygens (including phenoxy) is 2. The van der Waals surface area contributed by atoms with Gasteiger partial charge in [-0.1, -0.05) is 30.3 Å². The molecule has 0 radical (unpaired) electrons. The van der Waals surface area contributed by atoms with Crippen LogP contribution in [0.2, 0.25) is 0 Å². The van der Waals surface area contributed by atoms with Gasteiger partial charge in [0.25, 0.3) is 0 Å². The van der Waals surface area contributed by atoms with Crippen molar-refractivity contribution in [2.45, 2.75) is 62.9 Å².